The maximum Gasteiger partial charge on any atom is 0.322 e. The van der Waals surface area contributed by atoms with Gasteiger partial charge in [0.15, 0.2) is 0 Å². The average Bonchev–Trinajstić information content (AvgIpc) is 2.32. The first-order valence-electron chi connectivity index (χ1n) is 5.56. The number of carboxylic acids is 1. The summed E-state index contributed by atoms with van der Waals surface area (Å²) >= 11 is 0. The maximum absolute atomic E-state index is 11.5. The van der Waals surface area contributed by atoms with Crippen molar-refractivity contribution < 1.29 is 24.3 Å². The van der Waals surface area contributed by atoms with Crippen molar-refractivity contribution >= 4 is 23.7 Å². The minimum Gasteiger partial charge on any atom is -0.480 e. The van der Waals surface area contributed by atoms with Crippen LogP contribution >= 0.6 is 0 Å². The molecule has 0 aliphatic heterocycles. The Morgan fingerprint density at radius 2 is 1.63 bits per heavy atom. The molecule has 0 rings (SSSR count). The third-order valence-electron chi connectivity index (χ3n) is 2.03. The van der Waals surface area contributed by atoms with E-state index in [2.05, 4.69) is 16.0 Å². The average molecular weight is 274 g/mol. The number of aliphatic carboxylic acids is 1. The fourth-order valence-corrected chi connectivity index (χ4v) is 0.968. The molecule has 19 heavy (non-hydrogen) atoms. The standard InChI is InChI=1S/C10H18N4O5/c1-5(11)9(18)14-6(2)10(19)13-3-7(15)12-4-8(16)17/h5-6H,3-4,11H2,1-2H3,(H,12,15)(H,13,19)(H,14,18)(H,16,17)/t5-,6-/m0/s1. The van der Waals surface area contributed by atoms with Gasteiger partial charge < -0.3 is 26.8 Å². The number of hydrogen-bond donors (Lipinski definition) is 5. The van der Waals surface area contributed by atoms with Crippen molar-refractivity contribution in [2.24, 2.45) is 5.73 Å². The molecule has 6 N–H and O–H groups in total. The fraction of sp³-hybridized carbons (Fsp3) is 0.600. The molecule has 9 heteroatoms. The lowest BCUT2D eigenvalue weighted by Gasteiger charge is -2.15. The Morgan fingerprint density at radius 3 is 2.11 bits per heavy atom. The van der Waals surface area contributed by atoms with Gasteiger partial charge in [0.2, 0.25) is 17.7 Å². The van der Waals surface area contributed by atoms with E-state index in [-0.39, 0.29) is 6.54 Å². The van der Waals surface area contributed by atoms with Crippen molar-refractivity contribution in [2.45, 2.75) is 25.9 Å². The van der Waals surface area contributed by atoms with E-state index in [1.54, 1.807) is 0 Å². The van der Waals surface area contributed by atoms with Crippen LogP contribution in [0.5, 0.6) is 0 Å². The van der Waals surface area contributed by atoms with Gasteiger partial charge in [-0.05, 0) is 13.8 Å². The van der Waals surface area contributed by atoms with Crippen LogP contribution in [0.15, 0.2) is 0 Å². The van der Waals surface area contributed by atoms with E-state index >= 15 is 0 Å². The molecule has 0 aliphatic rings. The van der Waals surface area contributed by atoms with Crippen molar-refractivity contribution in [3.63, 3.8) is 0 Å². The van der Waals surface area contributed by atoms with Crippen molar-refractivity contribution in [1.29, 1.82) is 0 Å². The molecule has 0 radical (unpaired) electrons. The summed E-state index contributed by atoms with van der Waals surface area (Å²) in [4.78, 5) is 44.0. The number of hydrogen-bond acceptors (Lipinski definition) is 5. The summed E-state index contributed by atoms with van der Waals surface area (Å²) in [7, 11) is 0. The molecule has 0 heterocycles. The lowest BCUT2D eigenvalue weighted by molar-refractivity contribution is -0.138. The zero-order chi connectivity index (χ0) is 15.0. The molecule has 9 nitrogen and oxygen atoms in total. The first kappa shape index (κ1) is 16.8. The number of carbonyl (C=O) groups excluding carboxylic acids is 3. The van der Waals surface area contributed by atoms with Crippen molar-refractivity contribution in [3.05, 3.63) is 0 Å². The number of carboxylic acid groups (broad SMARTS) is 1. The van der Waals surface area contributed by atoms with Gasteiger partial charge in [-0.25, -0.2) is 0 Å². The molecule has 0 aliphatic carbocycles. The zero-order valence-corrected chi connectivity index (χ0v) is 10.7. The Hall–Kier alpha value is -2.16. The van der Waals surface area contributed by atoms with Crippen LogP contribution in [0.1, 0.15) is 13.8 Å². The Bertz CT molecular complexity index is 369. The van der Waals surface area contributed by atoms with Crippen LogP contribution in [0.3, 0.4) is 0 Å². The molecular formula is C10H18N4O5. The predicted octanol–water partition coefficient (Wildman–Crippen LogP) is -2.84. The molecule has 0 aromatic rings. The van der Waals surface area contributed by atoms with Gasteiger partial charge in [-0.3, -0.25) is 19.2 Å². The molecule has 0 aromatic heterocycles. The largest absolute Gasteiger partial charge is 0.480 e. The second kappa shape index (κ2) is 8.03. The van der Waals surface area contributed by atoms with Gasteiger partial charge in [0.05, 0.1) is 12.6 Å². The van der Waals surface area contributed by atoms with Gasteiger partial charge in [0.25, 0.3) is 0 Å². The van der Waals surface area contributed by atoms with Crippen LogP contribution < -0.4 is 21.7 Å². The Labute approximate surface area is 109 Å². The highest BCUT2D eigenvalue weighted by atomic mass is 16.4. The van der Waals surface area contributed by atoms with E-state index in [0.717, 1.165) is 0 Å². The molecular weight excluding hydrogens is 256 g/mol. The van der Waals surface area contributed by atoms with Gasteiger partial charge >= 0.3 is 5.97 Å². The van der Waals surface area contributed by atoms with E-state index in [4.69, 9.17) is 10.8 Å². The molecule has 0 unspecified atom stereocenters. The van der Waals surface area contributed by atoms with E-state index in [1.807, 2.05) is 0 Å². The third-order valence-corrected chi connectivity index (χ3v) is 2.03. The SMILES string of the molecule is C[C@H](N)C(=O)N[C@@H](C)C(=O)NCC(=O)NCC(=O)O. The normalized spacial score (nSPS) is 13.0. The molecule has 0 bridgehead atoms. The topological polar surface area (TPSA) is 151 Å². The number of carbonyl (C=O) groups is 4. The molecule has 2 atom stereocenters. The lowest BCUT2D eigenvalue weighted by Crippen LogP contribution is -2.51. The summed E-state index contributed by atoms with van der Waals surface area (Å²) in [5.41, 5.74) is 5.31. The minimum absolute atomic E-state index is 0.371. The number of rotatable bonds is 7. The first-order chi connectivity index (χ1) is 8.73. The quantitative estimate of drug-likeness (QED) is 0.337. The highest BCUT2D eigenvalue weighted by Crippen LogP contribution is 1.84. The zero-order valence-electron chi connectivity index (χ0n) is 10.7. The first-order valence-corrected chi connectivity index (χ1v) is 5.56. The van der Waals surface area contributed by atoms with Crippen molar-refractivity contribution in [3.8, 4) is 0 Å². The van der Waals surface area contributed by atoms with E-state index < -0.39 is 42.3 Å². The van der Waals surface area contributed by atoms with Gasteiger partial charge in [-0.15, -0.1) is 0 Å². The second-order valence-electron chi connectivity index (χ2n) is 3.91. The van der Waals surface area contributed by atoms with Crippen LogP contribution in [-0.4, -0.2) is 54.0 Å². The van der Waals surface area contributed by atoms with Crippen LogP contribution in [0.4, 0.5) is 0 Å². The molecule has 108 valence electrons. The summed E-state index contributed by atoms with van der Waals surface area (Å²) < 4.78 is 0. The molecule has 0 fully saturated rings. The molecule has 0 aromatic carbocycles. The Balaban J connectivity index is 4.00. The summed E-state index contributed by atoms with van der Waals surface area (Å²) in [6, 6.07) is -1.58. The predicted molar refractivity (Wildman–Crippen MR) is 64.9 cm³/mol. The van der Waals surface area contributed by atoms with E-state index in [1.165, 1.54) is 13.8 Å². The lowest BCUT2D eigenvalue weighted by atomic mass is 10.2. The number of nitrogens with two attached hydrogens (primary N) is 1. The van der Waals surface area contributed by atoms with Crippen molar-refractivity contribution in [1.82, 2.24) is 16.0 Å². The van der Waals surface area contributed by atoms with E-state index in [0.29, 0.717) is 0 Å². The van der Waals surface area contributed by atoms with Gasteiger partial charge in [-0.1, -0.05) is 0 Å². The Morgan fingerprint density at radius 1 is 1.05 bits per heavy atom. The minimum atomic E-state index is -1.18. The molecule has 0 saturated carbocycles. The third kappa shape index (κ3) is 7.71. The van der Waals surface area contributed by atoms with Crippen molar-refractivity contribution in [2.75, 3.05) is 13.1 Å². The van der Waals surface area contributed by atoms with Gasteiger partial charge in [0, 0.05) is 0 Å². The summed E-state index contributed by atoms with van der Waals surface area (Å²) in [5.74, 6) is -2.88. The molecule has 3 amide bonds. The van der Waals surface area contributed by atoms with Crippen LogP contribution in [-0.2, 0) is 19.2 Å². The Kier molecular flexibility index (Phi) is 7.12. The summed E-state index contributed by atoms with van der Waals surface area (Å²) in [6.07, 6.45) is 0. The van der Waals surface area contributed by atoms with E-state index in [9.17, 15) is 19.2 Å². The van der Waals surface area contributed by atoms with Crippen LogP contribution in [0, 0.1) is 0 Å². The molecule has 0 saturated heterocycles. The van der Waals surface area contributed by atoms with Gasteiger partial charge in [-0.2, -0.15) is 0 Å². The highest BCUT2D eigenvalue weighted by molar-refractivity contribution is 5.91. The number of amides is 3. The van der Waals surface area contributed by atoms with Crippen LogP contribution in [0.2, 0.25) is 0 Å². The summed E-state index contributed by atoms with van der Waals surface area (Å²) in [6.45, 7) is 2.01. The highest BCUT2D eigenvalue weighted by Gasteiger charge is 2.17. The monoisotopic (exact) mass is 274 g/mol. The molecule has 0 spiro atoms. The second-order valence-corrected chi connectivity index (χ2v) is 3.91. The number of nitrogens with one attached hydrogen (secondary N) is 3. The fourth-order valence-electron chi connectivity index (χ4n) is 0.968. The van der Waals surface area contributed by atoms with Crippen LogP contribution in [0.25, 0.3) is 0 Å². The summed E-state index contributed by atoms with van der Waals surface area (Å²) in [5, 5.41) is 15.0. The smallest absolute Gasteiger partial charge is 0.322 e. The van der Waals surface area contributed by atoms with Gasteiger partial charge in [0.1, 0.15) is 12.6 Å². The maximum atomic E-state index is 11.5.